The molecule has 3 nitrogen and oxygen atoms in total. The zero-order valence-electron chi connectivity index (χ0n) is 13.4. The van der Waals surface area contributed by atoms with Crippen LogP contribution in [-0.2, 0) is 6.54 Å². The average molecular weight is 279 g/mol. The minimum atomic E-state index is 0.657. The summed E-state index contributed by atoms with van der Waals surface area (Å²) in [4.78, 5) is 0. The number of methoxy groups -OCH3 is 1. The molecule has 0 amide bonds. The van der Waals surface area contributed by atoms with E-state index in [1.165, 1.54) is 24.8 Å². The molecule has 1 aromatic carbocycles. The van der Waals surface area contributed by atoms with Crippen molar-refractivity contribution in [2.24, 2.45) is 5.92 Å². The van der Waals surface area contributed by atoms with Gasteiger partial charge in [0, 0.05) is 6.54 Å². The number of ether oxygens (including phenoxy) is 2. The van der Waals surface area contributed by atoms with E-state index < -0.39 is 0 Å². The lowest BCUT2D eigenvalue weighted by atomic mass is 10.1. The normalized spacial score (nSPS) is 10.8. The lowest BCUT2D eigenvalue weighted by molar-refractivity contribution is 0.310. The highest BCUT2D eigenvalue weighted by atomic mass is 16.5. The molecule has 0 aromatic heterocycles. The van der Waals surface area contributed by atoms with E-state index in [0.717, 1.165) is 30.5 Å². The number of rotatable bonds is 10. The Morgan fingerprint density at radius 2 is 1.95 bits per heavy atom. The van der Waals surface area contributed by atoms with Crippen LogP contribution in [0.1, 0.15) is 45.6 Å². The minimum absolute atomic E-state index is 0.657. The van der Waals surface area contributed by atoms with E-state index >= 15 is 0 Å². The molecular formula is C17H29NO2. The van der Waals surface area contributed by atoms with Crippen LogP contribution in [0, 0.1) is 5.92 Å². The molecule has 114 valence electrons. The molecule has 0 fully saturated rings. The summed E-state index contributed by atoms with van der Waals surface area (Å²) in [7, 11) is 1.68. The molecule has 0 saturated heterocycles. The standard InChI is InChI=1S/C17H29NO2/c1-5-20-16-10-9-15(12-17(16)19-4)13-18-11-7-6-8-14(2)3/h9-10,12,14,18H,5-8,11,13H2,1-4H3. The SMILES string of the molecule is CCOc1ccc(CNCCCCC(C)C)cc1OC. The van der Waals surface area contributed by atoms with E-state index in [-0.39, 0.29) is 0 Å². The number of unbranched alkanes of at least 4 members (excludes halogenated alkanes) is 1. The van der Waals surface area contributed by atoms with Crippen molar-refractivity contribution in [1.82, 2.24) is 5.32 Å². The molecule has 0 radical (unpaired) electrons. The number of nitrogens with one attached hydrogen (secondary N) is 1. The Bertz CT molecular complexity index is 377. The summed E-state index contributed by atoms with van der Waals surface area (Å²) in [5.74, 6) is 2.44. The van der Waals surface area contributed by atoms with Gasteiger partial charge in [-0.3, -0.25) is 0 Å². The molecule has 0 bridgehead atoms. The molecule has 1 aromatic rings. The van der Waals surface area contributed by atoms with Crippen molar-refractivity contribution in [2.75, 3.05) is 20.3 Å². The zero-order valence-corrected chi connectivity index (χ0v) is 13.4. The Morgan fingerprint density at radius 3 is 2.60 bits per heavy atom. The summed E-state index contributed by atoms with van der Waals surface area (Å²) in [6.45, 7) is 9.14. The van der Waals surface area contributed by atoms with Crippen molar-refractivity contribution in [3.05, 3.63) is 23.8 Å². The van der Waals surface area contributed by atoms with E-state index in [9.17, 15) is 0 Å². The minimum Gasteiger partial charge on any atom is -0.493 e. The molecule has 0 unspecified atom stereocenters. The maximum absolute atomic E-state index is 5.52. The quantitative estimate of drug-likeness (QED) is 0.656. The third-order valence-electron chi connectivity index (χ3n) is 3.24. The Hall–Kier alpha value is -1.22. The predicted octanol–water partition coefficient (Wildman–Crippen LogP) is 4.01. The molecule has 0 heterocycles. The molecule has 1 rings (SSSR count). The second kappa shape index (κ2) is 9.65. The van der Waals surface area contributed by atoms with Gasteiger partial charge in [-0.05, 0) is 43.5 Å². The van der Waals surface area contributed by atoms with E-state index in [2.05, 4.69) is 25.2 Å². The first-order valence-electron chi connectivity index (χ1n) is 7.67. The van der Waals surface area contributed by atoms with Gasteiger partial charge in [0.05, 0.1) is 13.7 Å². The molecule has 3 heteroatoms. The van der Waals surface area contributed by atoms with Crippen LogP contribution >= 0.6 is 0 Å². The predicted molar refractivity (Wildman–Crippen MR) is 84.6 cm³/mol. The maximum Gasteiger partial charge on any atom is 0.161 e. The van der Waals surface area contributed by atoms with Crippen LogP contribution in [0.3, 0.4) is 0 Å². The van der Waals surface area contributed by atoms with Gasteiger partial charge in [-0.15, -0.1) is 0 Å². The highest BCUT2D eigenvalue weighted by Crippen LogP contribution is 2.27. The van der Waals surface area contributed by atoms with Gasteiger partial charge in [0.25, 0.3) is 0 Å². The first-order chi connectivity index (χ1) is 9.67. The molecule has 0 atom stereocenters. The Labute approximate surface area is 123 Å². The smallest absolute Gasteiger partial charge is 0.161 e. The monoisotopic (exact) mass is 279 g/mol. The highest BCUT2D eigenvalue weighted by molar-refractivity contribution is 5.42. The molecule has 0 aliphatic carbocycles. The van der Waals surface area contributed by atoms with Gasteiger partial charge in [0.2, 0.25) is 0 Å². The third-order valence-corrected chi connectivity index (χ3v) is 3.24. The first kappa shape index (κ1) is 16.8. The summed E-state index contributed by atoms with van der Waals surface area (Å²) in [6, 6.07) is 6.12. The number of benzene rings is 1. The Kier molecular flexibility index (Phi) is 8.12. The molecule has 1 N–H and O–H groups in total. The van der Waals surface area contributed by atoms with Gasteiger partial charge in [0.1, 0.15) is 0 Å². The van der Waals surface area contributed by atoms with Gasteiger partial charge in [-0.1, -0.05) is 32.8 Å². The van der Waals surface area contributed by atoms with E-state index in [0.29, 0.717) is 6.61 Å². The van der Waals surface area contributed by atoms with Crippen molar-refractivity contribution in [2.45, 2.75) is 46.6 Å². The third kappa shape index (κ3) is 6.29. The van der Waals surface area contributed by atoms with Crippen LogP contribution in [0.5, 0.6) is 11.5 Å². The molecule has 0 spiro atoms. The fourth-order valence-electron chi connectivity index (χ4n) is 2.13. The van der Waals surface area contributed by atoms with Gasteiger partial charge in [-0.25, -0.2) is 0 Å². The topological polar surface area (TPSA) is 30.5 Å². The summed E-state index contributed by atoms with van der Waals surface area (Å²) in [5.41, 5.74) is 1.23. The fraction of sp³-hybridized carbons (Fsp3) is 0.647. The molecule has 0 saturated carbocycles. The molecular weight excluding hydrogens is 250 g/mol. The van der Waals surface area contributed by atoms with Crippen molar-refractivity contribution in [1.29, 1.82) is 0 Å². The summed E-state index contributed by atoms with van der Waals surface area (Å²) in [6.07, 6.45) is 3.86. The van der Waals surface area contributed by atoms with E-state index in [1.807, 2.05) is 19.1 Å². The lowest BCUT2D eigenvalue weighted by Gasteiger charge is -2.11. The Balaban J connectivity index is 2.33. The Morgan fingerprint density at radius 1 is 1.15 bits per heavy atom. The van der Waals surface area contributed by atoms with E-state index in [4.69, 9.17) is 9.47 Å². The summed E-state index contributed by atoms with van der Waals surface area (Å²) in [5, 5.41) is 3.48. The highest BCUT2D eigenvalue weighted by Gasteiger charge is 2.04. The van der Waals surface area contributed by atoms with Crippen molar-refractivity contribution in [3.8, 4) is 11.5 Å². The second-order valence-electron chi connectivity index (χ2n) is 5.48. The largest absolute Gasteiger partial charge is 0.493 e. The van der Waals surface area contributed by atoms with Crippen LogP contribution in [0.2, 0.25) is 0 Å². The van der Waals surface area contributed by atoms with Gasteiger partial charge < -0.3 is 14.8 Å². The maximum atomic E-state index is 5.52. The van der Waals surface area contributed by atoms with Crippen LogP contribution in [0.4, 0.5) is 0 Å². The lowest BCUT2D eigenvalue weighted by Crippen LogP contribution is -2.14. The van der Waals surface area contributed by atoms with Crippen molar-refractivity contribution in [3.63, 3.8) is 0 Å². The molecule has 20 heavy (non-hydrogen) atoms. The zero-order chi connectivity index (χ0) is 14.8. The van der Waals surface area contributed by atoms with Crippen molar-refractivity contribution >= 4 is 0 Å². The fourth-order valence-corrected chi connectivity index (χ4v) is 2.13. The first-order valence-corrected chi connectivity index (χ1v) is 7.67. The number of hydrogen-bond donors (Lipinski definition) is 1. The van der Waals surface area contributed by atoms with Gasteiger partial charge >= 0.3 is 0 Å². The van der Waals surface area contributed by atoms with Gasteiger partial charge in [-0.2, -0.15) is 0 Å². The van der Waals surface area contributed by atoms with Gasteiger partial charge in [0.15, 0.2) is 11.5 Å². The van der Waals surface area contributed by atoms with Crippen molar-refractivity contribution < 1.29 is 9.47 Å². The average Bonchev–Trinajstić information content (AvgIpc) is 2.44. The van der Waals surface area contributed by atoms with E-state index in [1.54, 1.807) is 7.11 Å². The summed E-state index contributed by atoms with van der Waals surface area (Å²) >= 11 is 0. The second-order valence-corrected chi connectivity index (χ2v) is 5.48. The molecule has 0 aliphatic heterocycles. The van der Waals surface area contributed by atoms with Crippen LogP contribution in [-0.4, -0.2) is 20.3 Å². The van der Waals surface area contributed by atoms with Crippen LogP contribution in [0.15, 0.2) is 18.2 Å². The van der Waals surface area contributed by atoms with Crippen LogP contribution in [0.25, 0.3) is 0 Å². The summed E-state index contributed by atoms with van der Waals surface area (Å²) < 4.78 is 10.9. The van der Waals surface area contributed by atoms with Crippen LogP contribution < -0.4 is 14.8 Å². The molecule has 0 aliphatic rings. The number of hydrogen-bond acceptors (Lipinski definition) is 3.